The predicted molar refractivity (Wildman–Crippen MR) is 80.0 cm³/mol. The normalized spacial score (nSPS) is 11.7. The Hall–Kier alpha value is 0.0600. The van der Waals surface area contributed by atoms with Crippen LogP contribution in [0.2, 0.25) is 0 Å². The first-order valence-electron chi connectivity index (χ1n) is 6.30. The van der Waals surface area contributed by atoms with E-state index in [4.69, 9.17) is 9.47 Å². The van der Waals surface area contributed by atoms with Gasteiger partial charge in [0.1, 0.15) is 0 Å². The first kappa shape index (κ1) is 16.1. The van der Waals surface area contributed by atoms with Crippen molar-refractivity contribution in [3.63, 3.8) is 0 Å². The molecule has 0 aliphatic heterocycles. The fourth-order valence-corrected chi connectivity index (χ4v) is 3.22. The van der Waals surface area contributed by atoms with Gasteiger partial charge in [-0.3, -0.25) is 0 Å². The zero-order chi connectivity index (χ0) is 13.4. The van der Waals surface area contributed by atoms with Crippen LogP contribution in [0.25, 0.3) is 0 Å². The summed E-state index contributed by atoms with van der Waals surface area (Å²) < 4.78 is 12.2. The minimum atomic E-state index is -0.0717. The van der Waals surface area contributed by atoms with Gasteiger partial charge in [0, 0.05) is 47.5 Å². The number of nitrogens with zero attached hydrogens (tertiary/aromatic N) is 1. The van der Waals surface area contributed by atoms with Crippen molar-refractivity contribution in [2.24, 2.45) is 0 Å². The van der Waals surface area contributed by atoms with E-state index in [-0.39, 0.29) is 6.29 Å². The second-order valence-corrected chi connectivity index (χ2v) is 6.01. The third-order valence-electron chi connectivity index (χ3n) is 2.50. The summed E-state index contributed by atoms with van der Waals surface area (Å²) in [5.74, 6) is 0. The lowest BCUT2D eigenvalue weighted by molar-refractivity contribution is -0.141. The topological polar surface area (TPSA) is 21.7 Å². The zero-order valence-electron chi connectivity index (χ0n) is 11.3. The molecule has 0 aromatic carbocycles. The van der Waals surface area contributed by atoms with E-state index in [0.717, 1.165) is 24.0 Å². The van der Waals surface area contributed by atoms with Crippen LogP contribution in [0.5, 0.6) is 0 Å². The van der Waals surface area contributed by atoms with Gasteiger partial charge in [-0.15, -0.1) is 11.3 Å². The number of halogens is 1. The molecule has 1 heterocycles. The van der Waals surface area contributed by atoms with Crippen molar-refractivity contribution >= 4 is 27.3 Å². The molecule has 0 atom stereocenters. The summed E-state index contributed by atoms with van der Waals surface area (Å²) in [5.41, 5.74) is 0. The lowest BCUT2D eigenvalue weighted by Crippen LogP contribution is -2.26. The molecule has 0 aliphatic rings. The van der Waals surface area contributed by atoms with E-state index in [1.165, 1.54) is 4.88 Å². The second-order valence-electron chi connectivity index (χ2n) is 4.10. The molecule has 18 heavy (non-hydrogen) atoms. The van der Waals surface area contributed by atoms with Crippen LogP contribution in [-0.2, 0) is 16.0 Å². The Morgan fingerprint density at radius 1 is 1.33 bits per heavy atom. The molecule has 0 amide bonds. The highest BCUT2D eigenvalue weighted by Gasteiger charge is 2.10. The minimum absolute atomic E-state index is 0.0717. The maximum absolute atomic E-state index is 5.53. The molecule has 1 aromatic heterocycles. The van der Waals surface area contributed by atoms with Crippen LogP contribution in [0.1, 0.15) is 25.1 Å². The molecule has 1 aromatic rings. The molecule has 1 rings (SSSR count). The van der Waals surface area contributed by atoms with E-state index < -0.39 is 0 Å². The number of ether oxygens (including phenoxy) is 2. The highest BCUT2D eigenvalue weighted by molar-refractivity contribution is 9.10. The SMILES string of the molecule is CCOC(CCN(C)Cc1cc(Br)cs1)OCC. The number of thiophene rings is 1. The summed E-state index contributed by atoms with van der Waals surface area (Å²) >= 11 is 5.26. The lowest BCUT2D eigenvalue weighted by atomic mass is 10.3. The van der Waals surface area contributed by atoms with E-state index >= 15 is 0 Å². The fourth-order valence-electron chi connectivity index (χ4n) is 1.69. The molecule has 0 saturated carbocycles. The Labute approximate surface area is 122 Å². The zero-order valence-corrected chi connectivity index (χ0v) is 13.7. The average Bonchev–Trinajstić information content (AvgIpc) is 2.72. The molecule has 0 bridgehead atoms. The van der Waals surface area contributed by atoms with Gasteiger partial charge < -0.3 is 14.4 Å². The van der Waals surface area contributed by atoms with Crippen molar-refractivity contribution in [3.8, 4) is 0 Å². The molecule has 104 valence electrons. The largest absolute Gasteiger partial charge is 0.353 e. The summed E-state index contributed by atoms with van der Waals surface area (Å²) in [6.45, 7) is 7.34. The van der Waals surface area contributed by atoms with Crippen LogP contribution in [0.15, 0.2) is 15.9 Å². The monoisotopic (exact) mass is 335 g/mol. The summed E-state index contributed by atoms with van der Waals surface area (Å²) in [4.78, 5) is 3.66. The minimum Gasteiger partial charge on any atom is -0.353 e. The standard InChI is InChI=1S/C13H22BrNO2S/c1-4-16-13(17-5-2)6-7-15(3)9-12-8-11(14)10-18-12/h8,10,13H,4-7,9H2,1-3H3. The third kappa shape index (κ3) is 6.29. The Bertz CT molecular complexity index is 327. The van der Waals surface area contributed by atoms with Gasteiger partial charge in [-0.05, 0) is 42.9 Å². The van der Waals surface area contributed by atoms with Crippen LogP contribution in [-0.4, -0.2) is 38.0 Å². The molecule has 0 N–H and O–H groups in total. The van der Waals surface area contributed by atoms with Gasteiger partial charge in [0.15, 0.2) is 6.29 Å². The molecule has 0 unspecified atom stereocenters. The van der Waals surface area contributed by atoms with Gasteiger partial charge >= 0.3 is 0 Å². The van der Waals surface area contributed by atoms with E-state index in [2.05, 4.69) is 39.3 Å². The Balaban J connectivity index is 2.28. The van der Waals surface area contributed by atoms with E-state index in [9.17, 15) is 0 Å². The van der Waals surface area contributed by atoms with Gasteiger partial charge in [-0.25, -0.2) is 0 Å². The Morgan fingerprint density at radius 3 is 2.50 bits per heavy atom. The van der Waals surface area contributed by atoms with Crippen molar-refractivity contribution in [2.45, 2.75) is 33.1 Å². The number of hydrogen-bond acceptors (Lipinski definition) is 4. The first-order chi connectivity index (χ1) is 8.65. The smallest absolute Gasteiger partial charge is 0.158 e. The maximum atomic E-state index is 5.53. The summed E-state index contributed by atoms with van der Waals surface area (Å²) in [6, 6.07) is 2.17. The van der Waals surface area contributed by atoms with Crippen molar-refractivity contribution in [1.29, 1.82) is 0 Å². The first-order valence-corrected chi connectivity index (χ1v) is 7.97. The van der Waals surface area contributed by atoms with Gasteiger partial charge in [0.05, 0.1) is 0 Å². The van der Waals surface area contributed by atoms with Gasteiger partial charge in [-0.2, -0.15) is 0 Å². The van der Waals surface area contributed by atoms with Crippen LogP contribution in [0.3, 0.4) is 0 Å². The summed E-state index contributed by atoms with van der Waals surface area (Å²) in [6.07, 6.45) is 0.836. The summed E-state index contributed by atoms with van der Waals surface area (Å²) in [5, 5.41) is 2.12. The van der Waals surface area contributed by atoms with Gasteiger partial charge in [0.2, 0.25) is 0 Å². The molecule has 0 saturated heterocycles. The molecular weight excluding hydrogens is 314 g/mol. The third-order valence-corrected chi connectivity index (χ3v) is 4.18. The molecule has 0 spiro atoms. The van der Waals surface area contributed by atoms with Crippen molar-refractivity contribution in [1.82, 2.24) is 4.90 Å². The van der Waals surface area contributed by atoms with E-state index in [0.29, 0.717) is 13.2 Å². The van der Waals surface area contributed by atoms with Crippen molar-refractivity contribution < 1.29 is 9.47 Å². The molecule has 5 heteroatoms. The van der Waals surface area contributed by atoms with Crippen LogP contribution in [0, 0.1) is 0 Å². The lowest BCUT2D eigenvalue weighted by Gasteiger charge is -2.21. The van der Waals surface area contributed by atoms with Crippen molar-refractivity contribution in [2.75, 3.05) is 26.8 Å². The second kappa shape index (κ2) is 9.04. The average molecular weight is 336 g/mol. The van der Waals surface area contributed by atoms with Crippen LogP contribution >= 0.6 is 27.3 Å². The van der Waals surface area contributed by atoms with Crippen LogP contribution in [0.4, 0.5) is 0 Å². The maximum Gasteiger partial charge on any atom is 0.158 e. The Kier molecular flexibility index (Phi) is 8.10. The highest BCUT2D eigenvalue weighted by atomic mass is 79.9. The molecule has 0 radical (unpaired) electrons. The Morgan fingerprint density at radius 2 is 2.00 bits per heavy atom. The molecular formula is C13H22BrNO2S. The number of hydrogen-bond donors (Lipinski definition) is 0. The van der Waals surface area contributed by atoms with Crippen LogP contribution < -0.4 is 0 Å². The van der Waals surface area contributed by atoms with Gasteiger partial charge in [0.25, 0.3) is 0 Å². The molecule has 3 nitrogen and oxygen atoms in total. The quantitative estimate of drug-likeness (QED) is 0.642. The highest BCUT2D eigenvalue weighted by Crippen LogP contribution is 2.20. The van der Waals surface area contributed by atoms with E-state index in [1.54, 1.807) is 11.3 Å². The fraction of sp³-hybridized carbons (Fsp3) is 0.692. The predicted octanol–water partition coefficient (Wildman–Crippen LogP) is 3.73. The van der Waals surface area contributed by atoms with Gasteiger partial charge in [-0.1, -0.05) is 0 Å². The molecule has 0 aliphatic carbocycles. The van der Waals surface area contributed by atoms with E-state index in [1.807, 2.05) is 13.8 Å². The van der Waals surface area contributed by atoms with Crippen molar-refractivity contribution in [3.05, 3.63) is 20.8 Å². The summed E-state index contributed by atoms with van der Waals surface area (Å²) in [7, 11) is 2.13. The molecule has 0 fully saturated rings. The number of rotatable bonds is 9.